The molecule has 104 valence electrons. The van der Waals surface area contributed by atoms with Crippen LogP contribution in [0.2, 0.25) is 5.02 Å². The largest absolute Gasteiger partial charge is 0.454 e. The van der Waals surface area contributed by atoms with Gasteiger partial charge in [-0.25, -0.2) is 0 Å². The maximum Gasteiger partial charge on any atom is 0.231 e. The van der Waals surface area contributed by atoms with Crippen LogP contribution in [0.4, 0.5) is 0 Å². The number of fused-ring (bicyclic) bond motifs is 1. The Morgan fingerprint density at radius 1 is 1.21 bits per heavy atom. The Balaban J connectivity index is 1.80. The van der Waals surface area contributed by atoms with Crippen molar-refractivity contribution in [2.24, 2.45) is 11.8 Å². The average molecular weight is 283 g/mol. The second kappa shape index (κ2) is 5.22. The van der Waals surface area contributed by atoms with Crippen molar-refractivity contribution in [2.45, 2.75) is 38.7 Å². The van der Waals surface area contributed by atoms with Crippen LogP contribution in [0.3, 0.4) is 0 Å². The molecule has 3 nitrogen and oxygen atoms in total. The standard InChI is InChI=1S/C15H19ClO3/c1-9-2-4-10(5-3-9)14(17)11-6-12(16)15-13(7-11)18-8-19-15/h6-7,9-10,14,17H,2-5,8H2,1H3. The first-order valence-corrected chi connectivity index (χ1v) is 7.30. The van der Waals surface area contributed by atoms with Crippen LogP contribution in [0.15, 0.2) is 12.1 Å². The number of aliphatic hydroxyl groups is 1. The van der Waals surface area contributed by atoms with Crippen LogP contribution in [-0.2, 0) is 0 Å². The number of hydrogen-bond donors (Lipinski definition) is 1. The predicted octanol–water partition coefficient (Wildman–Crippen LogP) is 3.93. The minimum atomic E-state index is -0.459. The summed E-state index contributed by atoms with van der Waals surface area (Å²) in [6.07, 6.45) is 4.09. The minimum Gasteiger partial charge on any atom is -0.454 e. The molecular formula is C15H19ClO3. The molecule has 4 heteroatoms. The first-order valence-electron chi connectivity index (χ1n) is 6.92. The lowest BCUT2D eigenvalue weighted by atomic mass is 9.78. The van der Waals surface area contributed by atoms with Crippen LogP contribution in [0.5, 0.6) is 11.5 Å². The summed E-state index contributed by atoms with van der Waals surface area (Å²) in [7, 11) is 0. The van der Waals surface area contributed by atoms with E-state index in [1.807, 2.05) is 6.07 Å². The number of hydrogen-bond acceptors (Lipinski definition) is 3. The zero-order chi connectivity index (χ0) is 13.4. The van der Waals surface area contributed by atoms with Crippen molar-refractivity contribution in [2.75, 3.05) is 6.79 Å². The van der Waals surface area contributed by atoms with Gasteiger partial charge in [0.25, 0.3) is 0 Å². The van der Waals surface area contributed by atoms with E-state index in [0.717, 1.165) is 24.3 Å². The molecule has 0 amide bonds. The quantitative estimate of drug-likeness (QED) is 0.893. The van der Waals surface area contributed by atoms with Crippen molar-refractivity contribution < 1.29 is 14.6 Å². The molecule has 3 rings (SSSR count). The highest BCUT2D eigenvalue weighted by molar-refractivity contribution is 6.32. The van der Waals surface area contributed by atoms with Gasteiger partial charge in [-0.15, -0.1) is 0 Å². The van der Waals surface area contributed by atoms with Crippen molar-refractivity contribution in [3.8, 4) is 11.5 Å². The third kappa shape index (κ3) is 2.54. The Labute approximate surface area is 118 Å². The molecule has 1 atom stereocenters. The molecule has 1 heterocycles. The van der Waals surface area contributed by atoms with Gasteiger partial charge < -0.3 is 14.6 Å². The topological polar surface area (TPSA) is 38.7 Å². The van der Waals surface area contributed by atoms with E-state index in [2.05, 4.69) is 6.92 Å². The van der Waals surface area contributed by atoms with Gasteiger partial charge in [0, 0.05) is 0 Å². The SMILES string of the molecule is CC1CCC(C(O)c2cc(Cl)c3c(c2)OCO3)CC1. The molecule has 1 N–H and O–H groups in total. The van der Waals surface area contributed by atoms with Crippen LogP contribution < -0.4 is 9.47 Å². The summed E-state index contributed by atoms with van der Waals surface area (Å²) in [5.74, 6) is 2.34. The van der Waals surface area contributed by atoms with Crippen molar-refractivity contribution in [3.63, 3.8) is 0 Å². The molecule has 1 fully saturated rings. The van der Waals surface area contributed by atoms with Gasteiger partial charge in [-0.2, -0.15) is 0 Å². The molecule has 0 aromatic heterocycles. The normalized spacial score (nSPS) is 27.3. The van der Waals surface area contributed by atoms with Crippen LogP contribution in [0.25, 0.3) is 0 Å². The lowest BCUT2D eigenvalue weighted by molar-refractivity contribution is 0.0754. The molecular weight excluding hydrogens is 264 g/mol. The van der Waals surface area contributed by atoms with E-state index in [0.29, 0.717) is 22.4 Å². The molecule has 2 aliphatic rings. The first-order chi connectivity index (χ1) is 9.15. The fourth-order valence-corrected chi connectivity index (χ4v) is 3.31. The number of aliphatic hydroxyl groups excluding tert-OH is 1. The maximum atomic E-state index is 10.5. The lowest BCUT2D eigenvalue weighted by Gasteiger charge is -2.30. The second-order valence-electron chi connectivity index (χ2n) is 5.70. The van der Waals surface area contributed by atoms with Crippen LogP contribution in [-0.4, -0.2) is 11.9 Å². The first kappa shape index (κ1) is 13.1. The van der Waals surface area contributed by atoms with Crippen LogP contribution in [0.1, 0.15) is 44.3 Å². The zero-order valence-corrected chi connectivity index (χ0v) is 11.8. The Kier molecular flexibility index (Phi) is 3.59. The zero-order valence-electron chi connectivity index (χ0n) is 11.1. The van der Waals surface area contributed by atoms with Gasteiger partial charge in [0.05, 0.1) is 11.1 Å². The van der Waals surface area contributed by atoms with Gasteiger partial charge in [-0.1, -0.05) is 31.4 Å². The Morgan fingerprint density at radius 2 is 1.95 bits per heavy atom. The molecule has 0 spiro atoms. The summed E-state index contributed by atoms with van der Waals surface area (Å²) < 4.78 is 10.6. The monoisotopic (exact) mass is 282 g/mol. The van der Waals surface area contributed by atoms with Gasteiger partial charge in [-0.3, -0.25) is 0 Å². The third-order valence-corrected chi connectivity index (χ3v) is 4.58. The van der Waals surface area contributed by atoms with Gasteiger partial charge in [0.15, 0.2) is 11.5 Å². The molecule has 0 saturated heterocycles. The fraction of sp³-hybridized carbons (Fsp3) is 0.600. The molecule has 1 aliphatic carbocycles. The van der Waals surface area contributed by atoms with Gasteiger partial charge in [0.1, 0.15) is 0 Å². The van der Waals surface area contributed by atoms with E-state index in [4.69, 9.17) is 21.1 Å². The molecule has 1 saturated carbocycles. The Morgan fingerprint density at radius 3 is 2.68 bits per heavy atom. The second-order valence-corrected chi connectivity index (χ2v) is 6.11. The molecule has 1 unspecified atom stereocenters. The molecule has 1 aromatic carbocycles. The average Bonchev–Trinajstić information content (AvgIpc) is 2.87. The number of halogens is 1. The summed E-state index contributed by atoms with van der Waals surface area (Å²) in [4.78, 5) is 0. The van der Waals surface area contributed by atoms with E-state index in [9.17, 15) is 5.11 Å². The van der Waals surface area contributed by atoms with Crippen molar-refractivity contribution in [1.82, 2.24) is 0 Å². The summed E-state index contributed by atoms with van der Waals surface area (Å²) >= 11 is 6.16. The molecule has 1 aromatic rings. The molecule has 1 aliphatic heterocycles. The summed E-state index contributed by atoms with van der Waals surface area (Å²) in [5, 5.41) is 11.1. The lowest BCUT2D eigenvalue weighted by Crippen LogP contribution is -2.19. The van der Waals surface area contributed by atoms with E-state index in [1.54, 1.807) is 6.07 Å². The highest BCUT2D eigenvalue weighted by Crippen LogP contribution is 2.44. The van der Waals surface area contributed by atoms with Crippen LogP contribution >= 0.6 is 11.6 Å². The van der Waals surface area contributed by atoms with E-state index in [1.165, 1.54) is 12.8 Å². The highest BCUT2D eigenvalue weighted by atomic mass is 35.5. The van der Waals surface area contributed by atoms with E-state index >= 15 is 0 Å². The smallest absolute Gasteiger partial charge is 0.231 e. The number of ether oxygens (including phenoxy) is 2. The van der Waals surface area contributed by atoms with Crippen molar-refractivity contribution in [3.05, 3.63) is 22.7 Å². The molecule has 19 heavy (non-hydrogen) atoms. The molecule has 0 bridgehead atoms. The van der Waals surface area contributed by atoms with Gasteiger partial charge >= 0.3 is 0 Å². The number of rotatable bonds is 2. The minimum absolute atomic E-state index is 0.204. The van der Waals surface area contributed by atoms with Gasteiger partial charge in [-0.05, 0) is 42.4 Å². The Hall–Kier alpha value is -0.930. The summed E-state index contributed by atoms with van der Waals surface area (Å²) in [6.45, 7) is 2.48. The maximum absolute atomic E-state index is 10.5. The fourth-order valence-electron chi connectivity index (χ4n) is 3.03. The van der Waals surface area contributed by atoms with Crippen LogP contribution in [0, 0.1) is 11.8 Å². The third-order valence-electron chi connectivity index (χ3n) is 4.30. The number of benzene rings is 1. The van der Waals surface area contributed by atoms with E-state index in [-0.39, 0.29) is 6.79 Å². The predicted molar refractivity (Wildman–Crippen MR) is 73.7 cm³/mol. The summed E-state index contributed by atoms with van der Waals surface area (Å²) in [5.41, 5.74) is 0.841. The van der Waals surface area contributed by atoms with E-state index < -0.39 is 6.10 Å². The van der Waals surface area contributed by atoms with Gasteiger partial charge in [0.2, 0.25) is 6.79 Å². The molecule has 0 radical (unpaired) electrons. The van der Waals surface area contributed by atoms with Crippen molar-refractivity contribution in [1.29, 1.82) is 0 Å². The Bertz CT molecular complexity index is 467. The highest BCUT2D eigenvalue weighted by Gasteiger charge is 2.28. The summed E-state index contributed by atoms with van der Waals surface area (Å²) in [6, 6.07) is 3.66. The van der Waals surface area contributed by atoms with Crippen molar-refractivity contribution >= 4 is 11.6 Å².